The smallest absolute Gasteiger partial charge is 1.00 e. The van der Waals surface area contributed by atoms with E-state index in [9.17, 15) is 4.79 Å². The molecule has 0 aromatic carbocycles. The third-order valence-corrected chi connectivity index (χ3v) is 0.642. The molecule has 0 spiro atoms. The van der Waals surface area contributed by atoms with Crippen LogP contribution in [0.3, 0.4) is 0 Å². The van der Waals surface area contributed by atoms with E-state index >= 15 is 0 Å². The zero-order valence-electron chi connectivity index (χ0n) is 6.86. The molecule has 0 aromatic rings. The molecular formula is C5H11KO2. The number of carboxylic acids is 1. The quantitative estimate of drug-likeness (QED) is 0.407. The minimum absolute atomic E-state index is 0. The van der Waals surface area contributed by atoms with Crippen LogP contribution in [0.2, 0.25) is 0 Å². The summed E-state index contributed by atoms with van der Waals surface area (Å²) < 4.78 is 0. The Morgan fingerprint density at radius 2 is 1.62 bits per heavy atom. The summed E-state index contributed by atoms with van der Waals surface area (Å²) in [5, 5.41) is 8.25. The number of carboxylic acid groups (broad SMARTS) is 1. The summed E-state index contributed by atoms with van der Waals surface area (Å²) in [6, 6.07) is 0. The molecule has 1 N–H and O–H groups in total. The topological polar surface area (TPSA) is 37.3 Å². The van der Waals surface area contributed by atoms with E-state index in [0.717, 1.165) is 0 Å². The van der Waals surface area contributed by atoms with E-state index in [-0.39, 0.29) is 52.8 Å². The fourth-order valence-electron chi connectivity index (χ4n) is 0. The van der Waals surface area contributed by atoms with Crippen molar-refractivity contribution in [1.29, 1.82) is 0 Å². The second-order valence-corrected chi connectivity index (χ2v) is 2.56. The van der Waals surface area contributed by atoms with Crippen LogP contribution in [0.5, 0.6) is 0 Å². The van der Waals surface area contributed by atoms with Gasteiger partial charge in [-0.1, -0.05) is 0 Å². The standard InChI is InChI=1S/C5H10O2.K.H/c1-5(2,3)4(6)7;;/h1-3H3,(H,6,7);;/q;+1;-1. The van der Waals surface area contributed by atoms with Gasteiger partial charge in [0.1, 0.15) is 0 Å². The Bertz CT molecular complexity index is 87.4. The first-order chi connectivity index (χ1) is 2.94. The van der Waals surface area contributed by atoms with Gasteiger partial charge in [0, 0.05) is 0 Å². The molecule has 0 saturated carbocycles. The molecule has 0 saturated heterocycles. The number of rotatable bonds is 0. The summed E-state index contributed by atoms with van der Waals surface area (Å²) in [5.41, 5.74) is -0.583. The first-order valence-corrected chi connectivity index (χ1v) is 2.18. The predicted molar refractivity (Wildman–Crippen MR) is 28.2 cm³/mol. The van der Waals surface area contributed by atoms with Crippen molar-refractivity contribution in [2.75, 3.05) is 0 Å². The molecule has 0 rings (SSSR count). The van der Waals surface area contributed by atoms with Gasteiger partial charge in [-0.3, -0.25) is 4.79 Å². The Morgan fingerprint density at radius 3 is 1.62 bits per heavy atom. The zero-order chi connectivity index (χ0) is 6.08. The molecule has 2 nitrogen and oxygen atoms in total. The third kappa shape index (κ3) is 5.25. The number of hydrogen-bond acceptors (Lipinski definition) is 1. The first-order valence-electron chi connectivity index (χ1n) is 2.18. The summed E-state index contributed by atoms with van der Waals surface area (Å²) in [7, 11) is 0. The van der Waals surface area contributed by atoms with Crippen molar-refractivity contribution in [2.24, 2.45) is 5.41 Å². The summed E-state index contributed by atoms with van der Waals surface area (Å²) in [5.74, 6) is -0.757. The van der Waals surface area contributed by atoms with E-state index in [1.54, 1.807) is 20.8 Å². The van der Waals surface area contributed by atoms with Gasteiger partial charge in [0.15, 0.2) is 0 Å². The van der Waals surface area contributed by atoms with Gasteiger partial charge in [0.05, 0.1) is 5.41 Å². The van der Waals surface area contributed by atoms with Gasteiger partial charge in [-0.2, -0.15) is 0 Å². The van der Waals surface area contributed by atoms with Crippen LogP contribution in [0.4, 0.5) is 0 Å². The maximum atomic E-state index is 10.0. The molecule has 0 heterocycles. The number of aliphatic carboxylic acids is 1. The van der Waals surface area contributed by atoms with Crippen LogP contribution in [-0.4, -0.2) is 11.1 Å². The summed E-state index contributed by atoms with van der Waals surface area (Å²) in [6.45, 7) is 4.99. The maximum absolute atomic E-state index is 10.0. The Morgan fingerprint density at radius 1 is 1.50 bits per heavy atom. The first kappa shape index (κ1) is 11.8. The molecule has 0 amide bonds. The Balaban J connectivity index is -0.000000180. The molecule has 0 bridgehead atoms. The van der Waals surface area contributed by atoms with Crippen LogP contribution >= 0.6 is 0 Å². The molecule has 3 heteroatoms. The Kier molecular flexibility index (Phi) is 5.94. The van der Waals surface area contributed by atoms with Crippen LogP contribution in [0.25, 0.3) is 0 Å². The van der Waals surface area contributed by atoms with Crippen LogP contribution < -0.4 is 51.4 Å². The van der Waals surface area contributed by atoms with Crippen LogP contribution in [0.1, 0.15) is 22.2 Å². The molecule has 0 radical (unpaired) electrons. The molecule has 8 heavy (non-hydrogen) atoms. The normalized spacial score (nSPS) is 9.88. The molecule has 0 aromatic heterocycles. The van der Waals surface area contributed by atoms with Gasteiger partial charge in [-0.25, -0.2) is 0 Å². The monoisotopic (exact) mass is 142 g/mol. The van der Waals surface area contributed by atoms with E-state index in [1.165, 1.54) is 0 Å². The van der Waals surface area contributed by atoms with Crippen molar-refractivity contribution in [3.63, 3.8) is 0 Å². The van der Waals surface area contributed by atoms with Crippen molar-refractivity contribution in [2.45, 2.75) is 20.8 Å². The Hall–Kier alpha value is 1.11. The van der Waals surface area contributed by atoms with E-state index in [1.807, 2.05) is 0 Å². The van der Waals surface area contributed by atoms with E-state index in [4.69, 9.17) is 5.11 Å². The molecular weight excluding hydrogens is 131 g/mol. The second kappa shape index (κ2) is 4.01. The number of carbonyl (C=O) groups is 1. The summed E-state index contributed by atoms with van der Waals surface area (Å²) in [6.07, 6.45) is 0. The fraction of sp³-hybridized carbons (Fsp3) is 0.800. The number of hydrogen-bond donors (Lipinski definition) is 1. The average molecular weight is 142 g/mol. The molecule has 0 atom stereocenters. The van der Waals surface area contributed by atoms with Crippen LogP contribution in [0.15, 0.2) is 0 Å². The largest absolute Gasteiger partial charge is 1.00 e. The minimum Gasteiger partial charge on any atom is -1.00 e. The van der Waals surface area contributed by atoms with Gasteiger partial charge in [0.2, 0.25) is 0 Å². The predicted octanol–water partition coefficient (Wildman–Crippen LogP) is -1.77. The van der Waals surface area contributed by atoms with E-state index in [0.29, 0.717) is 0 Å². The van der Waals surface area contributed by atoms with Crippen LogP contribution in [-0.2, 0) is 4.79 Å². The van der Waals surface area contributed by atoms with Crippen molar-refractivity contribution in [1.82, 2.24) is 0 Å². The van der Waals surface area contributed by atoms with Crippen molar-refractivity contribution >= 4 is 5.97 Å². The van der Waals surface area contributed by atoms with Gasteiger partial charge >= 0.3 is 57.4 Å². The maximum Gasteiger partial charge on any atom is 1.00 e. The minimum atomic E-state index is -0.757. The third-order valence-electron chi connectivity index (χ3n) is 0.642. The molecule has 0 unspecified atom stereocenters. The van der Waals surface area contributed by atoms with E-state index < -0.39 is 11.4 Å². The fourth-order valence-corrected chi connectivity index (χ4v) is 0. The molecule has 0 aliphatic rings. The van der Waals surface area contributed by atoms with Gasteiger partial charge in [-0.05, 0) is 20.8 Å². The van der Waals surface area contributed by atoms with Crippen LogP contribution in [0, 0.1) is 5.41 Å². The summed E-state index contributed by atoms with van der Waals surface area (Å²) >= 11 is 0. The average Bonchev–Trinajstić information content (AvgIpc) is 1.31. The SMILES string of the molecule is CC(C)(C)C(=O)O.[H-].[K+]. The second-order valence-electron chi connectivity index (χ2n) is 2.56. The molecule has 0 aliphatic carbocycles. The van der Waals surface area contributed by atoms with E-state index in [2.05, 4.69) is 0 Å². The zero-order valence-corrected chi connectivity index (χ0v) is 8.98. The van der Waals surface area contributed by atoms with Crippen molar-refractivity contribution in [3.05, 3.63) is 0 Å². The molecule has 0 fully saturated rings. The van der Waals surface area contributed by atoms with Crippen molar-refractivity contribution in [3.8, 4) is 0 Å². The Labute approximate surface area is 93.6 Å². The molecule has 0 aliphatic heterocycles. The van der Waals surface area contributed by atoms with Gasteiger partial charge in [-0.15, -0.1) is 0 Å². The van der Waals surface area contributed by atoms with Crippen molar-refractivity contribution < 1.29 is 62.7 Å². The summed E-state index contributed by atoms with van der Waals surface area (Å²) in [4.78, 5) is 10.0. The van der Waals surface area contributed by atoms with Gasteiger partial charge in [0.25, 0.3) is 0 Å². The molecule has 44 valence electrons. The van der Waals surface area contributed by atoms with Gasteiger partial charge < -0.3 is 6.53 Å².